The summed E-state index contributed by atoms with van der Waals surface area (Å²) in [5.41, 5.74) is 3.87. The van der Waals surface area contributed by atoms with Crippen LogP contribution in [0, 0.1) is 11.6 Å². The highest BCUT2D eigenvalue weighted by Gasteiger charge is 2.50. The molecule has 2 aromatic heterocycles. The number of likely N-dealkylation sites (N-methyl/N-ethyl adjacent to an activating group) is 1. The van der Waals surface area contributed by atoms with Gasteiger partial charge in [0.05, 0.1) is 6.20 Å². The molecular weight excluding hydrogens is 414 g/mol. The number of hydrogen-bond acceptors (Lipinski definition) is 5. The fourth-order valence-electron chi connectivity index (χ4n) is 3.49. The van der Waals surface area contributed by atoms with Crippen molar-refractivity contribution in [3.8, 4) is 11.1 Å². The van der Waals surface area contributed by atoms with Gasteiger partial charge in [-0.3, -0.25) is 19.7 Å². The van der Waals surface area contributed by atoms with Crippen LogP contribution in [-0.2, 0) is 10.3 Å². The van der Waals surface area contributed by atoms with Gasteiger partial charge in [-0.15, -0.1) is 0 Å². The zero-order valence-corrected chi connectivity index (χ0v) is 16.1. The molecule has 31 heavy (non-hydrogen) atoms. The molecule has 158 valence electrons. The molecule has 1 atom stereocenters. The molecule has 1 aliphatic rings. The Kier molecular flexibility index (Phi) is 4.92. The first-order valence-corrected chi connectivity index (χ1v) is 9.02. The lowest BCUT2D eigenvalue weighted by Crippen LogP contribution is -2.41. The summed E-state index contributed by atoms with van der Waals surface area (Å²) in [4.78, 5) is 26.1. The first-order chi connectivity index (χ1) is 14.7. The number of amides is 1. The lowest BCUT2D eigenvalue weighted by molar-refractivity contribution is -0.129. The van der Waals surface area contributed by atoms with Crippen LogP contribution >= 0.6 is 0 Å². The van der Waals surface area contributed by atoms with E-state index in [4.69, 9.17) is 5.73 Å². The van der Waals surface area contributed by atoms with E-state index >= 15 is 0 Å². The number of guanidine groups is 1. The molecule has 3 aromatic rings. The molecule has 2 N–H and O–H groups in total. The van der Waals surface area contributed by atoms with E-state index in [1.807, 2.05) is 0 Å². The Labute approximate surface area is 174 Å². The first kappa shape index (κ1) is 20.5. The third-order valence-electron chi connectivity index (χ3n) is 5.07. The van der Waals surface area contributed by atoms with E-state index in [1.54, 1.807) is 0 Å². The molecule has 1 aliphatic heterocycles. The molecule has 4 rings (SSSR count). The minimum Gasteiger partial charge on any atom is -0.369 e. The number of rotatable bonds is 4. The van der Waals surface area contributed by atoms with Gasteiger partial charge in [-0.2, -0.15) is 0 Å². The van der Waals surface area contributed by atoms with Gasteiger partial charge in [0.2, 0.25) is 0 Å². The van der Waals surface area contributed by atoms with Crippen molar-refractivity contribution in [2.75, 3.05) is 7.05 Å². The number of carbonyl (C=O) groups excluding carboxylic acids is 1. The highest BCUT2D eigenvalue weighted by Crippen LogP contribution is 2.41. The van der Waals surface area contributed by atoms with Crippen molar-refractivity contribution in [3.05, 3.63) is 83.4 Å². The second-order valence-corrected chi connectivity index (χ2v) is 6.94. The predicted octanol–water partition coefficient (Wildman–Crippen LogP) is 3.39. The maximum atomic E-state index is 14.6. The molecular formula is C21H15F4N5O. The summed E-state index contributed by atoms with van der Waals surface area (Å²) in [5.74, 6) is -2.15. The monoisotopic (exact) mass is 429 g/mol. The number of carbonyl (C=O) groups is 1. The van der Waals surface area contributed by atoms with E-state index in [2.05, 4.69) is 15.0 Å². The highest BCUT2D eigenvalue weighted by molar-refractivity contribution is 6.09. The molecule has 0 spiro atoms. The fraction of sp³-hybridized carbons (Fsp3) is 0.143. The topological polar surface area (TPSA) is 84.5 Å². The largest absolute Gasteiger partial charge is 0.369 e. The van der Waals surface area contributed by atoms with E-state index in [9.17, 15) is 22.4 Å². The van der Waals surface area contributed by atoms with E-state index in [0.717, 1.165) is 35.5 Å². The number of nitrogens with two attached hydrogens (primary N) is 1. The zero-order chi connectivity index (χ0) is 22.3. The second-order valence-electron chi connectivity index (χ2n) is 6.94. The Bertz CT molecular complexity index is 1220. The van der Waals surface area contributed by atoms with Crippen LogP contribution in [0.25, 0.3) is 11.1 Å². The third kappa shape index (κ3) is 3.29. The Hall–Kier alpha value is -3.82. The van der Waals surface area contributed by atoms with Crippen LogP contribution in [0.2, 0.25) is 0 Å². The van der Waals surface area contributed by atoms with Crippen LogP contribution in [0.15, 0.2) is 60.1 Å². The van der Waals surface area contributed by atoms with Gasteiger partial charge in [-0.25, -0.2) is 22.6 Å². The smallest absolute Gasteiger partial charge is 0.266 e. The highest BCUT2D eigenvalue weighted by atomic mass is 19.3. The maximum absolute atomic E-state index is 14.6. The number of nitrogens with zero attached hydrogens (tertiary/aromatic N) is 4. The predicted molar refractivity (Wildman–Crippen MR) is 104 cm³/mol. The average Bonchev–Trinajstić information content (AvgIpc) is 2.99. The number of pyridine rings is 2. The van der Waals surface area contributed by atoms with Gasteiger partial charge < -0.3 is 5.73 Å². The average molecular weight is 429 g/mol. The summed E-state index contributed by atoms with van der Waals surface area (Å²) in [5, 5.41) is 0. The minimum absolute atomic E-state index is 0.0394. The number of halogens is 4. The molecule has 1 unspecified atom stereocenters. The third-order valence-corrected chi connectivity index (χ3v) is 5.07. The van der Waals surface area contributed by atoms with Gasteiger partial charge in [0.25, 0.3) is 12.3 Å². The normalized spacial score (nSPS) is 18.6. The van der Waals surface area contributed by atoms with Crippen molar-refractivity contribution in [1.82, 2.24) is 14.9 Å². The summed E-state index contributed by atoms with van der Waals surface area (Å²) in [7, 11) is 1.38. The van der Waals surface area contributed by atoms with Crippen LogP contribution in [-0.4, -0.2) is 33.8 Å². The van der Waals surface area contributed by atoms with Gasteiger partial charge in [0.15, 0.2) is 11.5 Å². The SMILES string of the molecule is CN1C(=O)C(c2cncc(C(F)F)c2)(c2ccc(F)c(-c3cncc(F)c3)c2)N=C1N. The van der Waals surface area contributed by atoms with Crippen LogP contribution in [0.3, 0.4) is 0 Å². The maximum Gasteiger partial charge on any atom is 0.266 e. The lowest BCUT2D eigenvalue weighted by Gasteiger charge is -2.26. The number of aromatic nitrogens is 2. The Morgan fingerprint density at radius 1 is 1.00 bits per heavy atom. The molecule has 0 radical (unpaired) electrons. The number of hydrogen-bond donors (Lipinski definition) is 1. The summed E-state index contributed by atoms with van der Waals surface area (Å²) >= 11 is 0. The molecule has 0 saturated heterocycles. The summed E-state index contributed by atoms with van der Waals surface area (Å²) in [6.07, 6.45) is 1.60. The molecule has 10 heteroatoms. The molecule has 6 nitrogen and oxygen atoms in total. The van der Waals surface area contributed by atoms with Gasteiger partial charge in [-0.05, 0) is 29.8 Å². The number of aliphatic imine (C=N–C) groups is 1. The van der Waals surface area contributed by atoms with Crippen molar-refractivity contribution in [2.24, 2.45) is 10.7 Å². The molecule has 1 aromatic carbocycles. The summed E-state index contributed by atoms with van der Waals surface area (Å²) < 4.78 is 54.9. The molecule has 0 bridgehead atoms. The second kappa shape index (κ2) is 7.46. The number of alkyl halides is 2. The van der Waals surface area contributed by atoms with E-state index in [1.165, 1.54) is 31.6 Å². The van der Waals surface area contributed by atoms with Crippen molar-refractivity contribution in [2.45, 2.75) is 12.0 Å². The zero-order valence-electron chi connectivity index (χ0n) is 16.1. The fourth-order valence-corrected chi connectivity index (χ4v) is 3.49. The standard InChI is InChI=1S/C21H15F4N5O/c1-30-19(31)21(29-20(30)26,14-4-12(18(24)25)8-27-9-14)13-2-3-17(23)16(6-13)11-5-15(22)10-28-7-11/h2-10,18H,1H3,(H2,26,29). The quantitative estimate of drug-likeness (QED) is 0.645. The molecule has 0 fully saturated rings. The van der Waals surface area contributed by atoms with Crippen molar-refractivity contribution < 1.29 is 22.4 Å². The van der Waals surface area contributed by atoms with Gasteiger partial charge in [0.1, 0.15) is 11.6 Å². The van der Waals surface area contributed by atoms with E-state index < -0.39 is 35.1 Å². The summed E-state index contributed by atoms with van der Waals surface area (Å²) in [6, 6.07) is 5.88. The van der Waals surface area contributed by atoms with Crippen LogP contribution < -0.4 is 5.73 Å². The molecule has 3 heterocycles. The van der Waals surface area contributed by atoms with Gasteiger partial charge in [-0.1, -0.05) is 6.07 Å². The van der Waals surface area contributed by atoms with Gasteiger partial charge >= 0.3 is 0 Å². The Balaban J connectivity index is 1.98. The number of benzene rings is 1. The summed E-state index contributed by atoms with van der Waals surface area (Å²) in [6.45, 7) is 0. The molecule has 0 aliphatic carbocycles. The van der Waals surface area contributed by atoms with E-state index in [0.29, 0.717) is 0 Å². The Morgan fingerprint density at radius 3 is 2.39 bits per heavy atom. The molecule has 0 saturated carbocycles. The van der Waals surface area contributed by atoms with Crippen molar-refractivity contribution in [1.29, 1.82) is 0 Å². The molecule has 1 amide bonds. The minimum atomic E-state index is -2.83. The lowest BCUT2D eigenvalue weighted by atomic mass is 9.82. The van der Waals surface area contributed by atoms with Crippen molar-refractivity contribution >= 4 is 11.9 Å². The van der Waals surface area contributed by atoms with Crippen molar-refractivity contribution in [3.63, 3.8) is 0 Å². The first-order valence-electron chi connectivity index (χ1n) is 9.02. The van der Waals surface area contributed by atoms with Gasteiger partial charge in [0, 0.05) is 47.9 Å². The van der Waals surface area contributed by atoms with Crippen LogP contribution in [0.4, 0.5) is 17.6 Å². The van der Waals surface area contributed by atoms with E-state index in [-0.39, 0.29) is 28.2 Å². The van der Waals surface area contributed by atoms with Crippen LogP contribution in [0.1, 0.15) is 23.1 Å². The Morgan fingerprint density at radius 2 is 1.74 bits per heavy atom. The van der Waals surface area contributed by atoms with Crippen LogP contribution in [0.5, 0.6) is 0 Å².